The van der Waals surface area contributed by atoms with E-state index < -0.39 is 0 Å². The molecule has 3 N–H and O–H groups in total. The molecule has 1 saturated carbocycles. The van der Waals surface area contributed by atoms with Crippen molar-refractivity contribution in [1.82, 2.24) is 5.43 Å². The van der Waals surface area contributed by atoms with Gasteiger partial charge in [-0.2, -0.15) is 0 Å². The maximum atomic E-state index is 5.78. The highest BCUT2D eigenvalue weighted by atomic mass is 16.6. The van der Waals surface area contributed by atoms with E-state index in [1.807, 2.05) is 0 Å². The predicted molar refractivity (Wildman–Crippen MR) is 67.3 cm³/mol. The number of nitrogens with two attached hydrogens (primary N) is 1. The van der Waals surface area contributed by atoms with Gasteiger partial charge in [0.15, 0.2) is 0 Å². The van der Waals surface area contributed by atoms with Crippen molar-refractivity contribution in [2.24, 2.45) is 23.6 Å². The van der Waals surface area contributed by atoms with Crippen LogP contribution in [0.3, 0.4) is 0 Å². The van der Waals surface area contributed by atoms with Crippen LogP contribution in [0.15, 0.2) is 0 Å². The molecule has 0 amide bonds. The molecular formula is C13H26N2O2. The Balaban J connectivity index is 1.93. The van der Waals surface area contributed by atoms with Crippen molar-refractivity contribution in [1.29, 1.82) is 0 Å². The fraction of sp³-hybridized carbons (Fsp3) is 1.00. The third kappa shape index (κ3) is 3.19. The maximum absolute atomic E-state index is 5.78. The number of hydrazine groups is 1. The van der Waals surface area contributed by atoms with Gasteiger partial charge in [0.1, 0.15) is 0 Å². The third-order valence-electron chi connectivity index (χ3n) is 4.58. The minimum absolute atomic E-state index is 0.124. The zero-order valence-electron chi connectivity index (χ0n) is 11.0. The number of ether oxygens (including phenoxy) is 2. The first-order valence-electron chi connectivity index (χ1n) is 6.88. The first kappa shape index (κ1) is 13.3. The van der Waals surface area contributed by atoms with Crippen molar-refractivity contribution >= 4 is 0 Å². The molecule has 4 nitrogen and oxygen atoms in total. The van der Waals surface area contributed by atoms with Crippen LogP contribution >= 0.6 is 0 Å². The summed E-state index contributed by atoms with van der Waals surface area (Å²) in [4.78, 5) is 0. The number of hydrogen-bond acceptors (Lipinski definition) is 4. The molecule has 0 aromatic carbocycles. The van der Waals surface area contributed by atoms with Gasteiger partial charge < -0.3 is 9.47 Å². The Morgan fingerprint density at radius 2 is 2.00 bits per heavy atom. The van der Waals surface area contributed by atoms with E-state index in [1.54, 1.807) is 0 Å². The highest BCUT2D eigenvalue weighted by molar-refractivity contribution is 4.88. The van der Waals surface area contributed by atoms with Crippen molar-refractivity contribution in [3.8, 4) is 0 Å². The Kier molecular flexibility index (Phi) is 4.79. The van der Waals surface area contributed by atoms with Crippen LogP contribution in [0.5, 0.6) is 0 Å². The summed E-state index contributed by atoms with van der Waals surface area (Å²) in [5.74, 6) is 7.98. The average Bonchev–Trinajstić information content (AvgIpc) is 2.36. The summed E-state index contributed by atoms with van der Waals surface area (Å²) in [6, 6.07) is 0.241. The fourth-order valence-corrected chi connectivity index (χ4v) is 3.18. The lowest BCUT2D eigenvalue weighted by Gasteiger charge is -2.40. The quantitative estimate of drug-likeness (QED) is 0.578. The Morgan fingerprint density at radius 3 is 2.59 bits per heavy atom. The van der Waals surface area contributed by atoms with Crippen molar-refractivity contribution in [3.05, 3.63) is 0 Å². The average molecular weight is 242 g/mol. The first-order valence-corrected chi connectivity index (χ1v) is 6.88. The zero-order valence-corrected chi connectivity index (χ0v) is 11.0. The van der Waals surface area contributed by atoms with Crippen molar-refractivity contribution in [2.75, 3.05) is 19.8 Å². The summed E-state index contributed by atoms with van der Waals surface area (Å²) < 4.78 is 11.3. The van der Waals surface area contributed by atoms with E-state index in [-0.39, 0.29) is 12.1 Å². The molecule has 0 bridgehead atoms. The Hall–Kier alpha value is -0.160. The van der Waals surface area contributed by atoms with Gasteiger partial charge in [-0.25, -0.2) is 0 Å². The molecule has 1 heterocycles. The van der Waals surface area contributed by atoms with Crippen LogP contribution in [0.25, 0.3) is 0 Å². The van der Waals surface area contributed by atoms with Crippen LogP contribution in [0.1, 0.15) is 33.1 Å². The summed E-state index contributed by atoms with van der Waals surface area (Å²) >= 11 is 0. The summed E-state index contributed by atoms with van der Waals surface area (Å²) in [7, 11) is 0. The second kappa shape index (κ2) is 6.14. The topological polar surface area (TPSA) is 56.5 Å². The number of rotatable bonds is 3. The largest absolute Gasteiger partial charge is 0.376 e. The minimum atomic E-state index is 0.124. The Labute approximate surface area is 104 Å². The molecular weight excluding hydrogens is 216 g/mol. The molecule has 0 spiro atoms. The molecule has 17 heavy (non-hydrogen) atoms. The zero-order chi connectivity index (χ0) is 12.3. The first-order chi connectivity index (χ1) is 8.22. The number of nitrogens with one attached hydrogen (secondary N) is 1. The molecule has 0 radical (unpaired) electrons. The lowest BCUT2D eigenvalue weighted by Crippen LogP contribution is -2.54. The molecule has 1 aliphatic heterocycles. The van der Waals surface area contributed by atoms with Crippen LogP contribution in [0.2, 0.25) is 0 Å². The second-order valence-corrected chi connectivity index (χ2v) is 5.70. The van der Waals surface area contributed by atoms with E-state index in [0.717, 1.165) is 11.8 Å². The van der Waals surface area contributed by atoms with E-state index in [2.05, 4.69) is 19.3 Å². The van der Waals surface area contributed by atoms with Gasteiger partial charge in [0, 0.05) is 0 Å². The lowest BCUT2D eigenvalue weighted by atomic mass is 9.72. The normalized spacial score (nSPS) is 41.1. The van der Waals surface area contributed by atoms with E-state index in [1.165, 1.54) is 19.3 Å². The molecule has 100 valence electrons. The van der Waals surface area contributed by atoms with Gasteiger partial charge >= 0.3 is 0 Å². The predicted octanol–water partition coefficient (Wildman–Crippen LogP) is 1.31. The molecule has 2 rings (SSSR count). The molecule has 5 atom stereocenters. The SMILES string of the molecule is CC1CCC(C(NN)C2COCCO2)CC1C. The van der Waals surface area contributed by atoms with E-state index in [4.69, 9.17) is 15.3 Å². The van der Waals surface area contributed by atoms with E-state index in [0.29, 0.717) is 25.7 Å². The van der Waals surface area contributed by atoms with Gasteiger partial charge in [-0.3, -0.25) is 11.3 Å². The molecule has 5 unspecified atom stereocenters. The second-order valence-electron chi connectivity index (χ2n) is 5.70. The Morgan fingerprint density at radius 1 is 1.18 bits per heavy atom. The monoisotopic (exact) mass is 242 g/mol. The highest BCUT2D eigenvalue weighted by Crippen LogP contribution is 2.36. The van der Waals surface area contributed by atoms with Crippen LogP contribution in [-0.2, 0) is 9.47 Å². The van der Waals surface area contributed by atoms with E-state index >= 15 is 0 Å². The summed E-state index contributed by atoms with van der Waals surface area (Å²) in [5.41, 5.74) is 2.97. The van der Waals surface area contributed by atoms with Crippen molar-refractivity contribution < 1.29 is 9.47 Å². The van der Waals surface area contributed by atoms with Gasteiger partial charge in [0.2, 0.25) is 0 Å². The van der Waals surface area contributed by atoms with Gasteiger partial charge in [0.05, 0.1) is 32.0 Å². The molecule has 1 aliphatic carbocycles. The standard InChI is InChI=1S/C13H26N2O2/c1-9-3-4-11(7-10(9)2)13(15-14)12-8-16-5-6-17-12/h9-13,15H,3-8,14H2,1-2H3. The van der Waals surface area contributed by atoms with Gasteiger partial charge in [0.25, 0.3) is 0 Å². The fourth-order valence-electron chi connectivity index (χ4n) is 3.18. The van der Waals surface area contributed by atoms with Gasteiger partial charge in [-0.1, -0.05) is 20.3 Å². The van der Waals surface area contributed by atoms with Gasteiger partial charge in [-0.15, -0.1) is 0 Å². The summed E-state index contributed by atoms with van der Waals surface area (Å²) in [6.07, 6.45) is 3.92. The maximum Gasteiger partial charge on any atom is 0.0978 e. The molecule has 4 heteroatoms. The Bertz CT molecular complexity index is 231. The van der Waals surface area contributed by atoms with Crippen LogP contribution in [0.4, 0.5) is 0 Å². The molecule has 2 fully saturated rings. The van der Waals surface area contributed by atoms with Crippen molar-refractivity contribution in [2.45, 2.75) is 45.3 Å². The smallest absolute Gasteiger partial charge is 0.0978 e. The van der Waals surface area contributed by atoms with Crippen LogP contribution in [0, 0.1) is 17.8 Å². The molecule has 2 aliphatic rings. The highest BCUT2D eigenvalue weighted by Gasteiger charge is 2.35. The lowest BCUT2D eigenvalue weighted by molar-refractivity contribution is -0.112. The summed E-state index contributed by atoms with van der Waals surface area (Å²) in [6.45, 7) is 6.79. The van der Waals surface area contributed by atoms with Crippen LogP contribution < -0.4 is 11.3 Å². The molecule has 0 aromatic heterocycles. The van der Waals surface area contributed by atoms with Crippen molar-refractivity contribution in [3.63, 3.8) is 0 Å². The van der Waals surface area contributed by atoms with Gasteiger partial charge in [-0.05, 0) is 30.6 Å². The minimum Gasteiger partial charge on any atom is -0.376 e. The molecule has 1 saturated heterocycles. The molecule has 0 aromatic rings. The third-order valence-corrected chi connectivity index (χ3v) is 4.58. The van der Waals surface area contributed by atoms with Crippen LogP contribution in [-0.4, -0.2) is 32.0 Å². The van der Waals surface area contributed by atoms with E-state index in [9.17, 15) is 0 Å². The number of hydrogen-bond donors (Lipinski definition) is 2. The summed E-state index contributed by atoms with van der Waals surface area (Å²) in [5, 5.41) is 0.